The number of rotatable bonds is 6. The van der Waals surface area contributed by atoms with Crippen LogP contribution in [0.5, 0.6) is 5.88 Å². The number of aryl methyl sites for hydroxylation is 4. The molecule has 0 spiro atoms. The van der Waals surface area contributed by atoms with Crippen molar-refractivity contribution in [2.45, 2.75) is 27.2 Å². The monoisotopic (exact) mass is 432 g/mol. The van der Waals surface area contributed by atoms with Crippen molar-refractivity contribution in [3.05, 3.63) is 63.7 Å². The summed E-state index contributed by atoms with van der Waals surface area (Å²) in [4.78, 5) is 36.1. The van der Waals surface area contributed by atoms with Crippen LogP contribution in [-0.4, -0.2) is 37.2 Å². The molecule has 2 N–H and O–H groups in total. The zero-order valence-corrected chi connectivity index (χ0v) is 18.4. The van der Waals surface area contributed by atoms with Gasteiger partial charge in [-0.3, -0.25) is 9.59 Å². The average Bonchev–Trinajstić information content (AvgIpc) is 3.07. The summed E-state index contributed by atoms with van der Waals surface area (Å²) in [6.45, 7) is 5.62. The molecule has 0 aliphatic carbocycles. The summed E-state index contributed by atoms with van der Waals surface area (Å²) in [5.74, 6) is 0.497. The highest BCUT2D eigenvalue weighted by atomic mass is 16.5. The summed E-state index contributed by atoms with van der Waals surface area (Å²) in [6, 6.07) is 10.6. The fourth-order valence-electron chi connectivity index (χ4n) is 3.55. The van der Waals surface area contributed by atoms with E-state index in [0.717, 1.165) is 16.6 Å². The molecular weight excluding hydrogens is 408 g/mol. The Labute approximate surface area is 184 Å². The van der Waals surface area contributed by atoms with Gasteiger partial charge in [-0.05, 0) is 44.0 Å². The molecule has 164 valence electrons. The minimum absolute atomic E-state index is 0.204. The number of H-pyrrole nitrogens is 1. The first-order valence-corrected chi connectivity index (χ1v) is 10.3. The topological polar surface area (TPSA) is 115 Å². The molecule has 0 radical (unpaired) electrons. The van der Waals surface area contributed by atoms with E-state index in [1.54, 1.807) is 29.9 Å². The average molecular weight is 432 g/mol. The van der Waals surface area contributed by atoms with Crippen LogP contribution in [0.4, 0.5) is 5.69 Å². The molecule has 4 rings (SSSR count). The molecule has 0 bridgehead atoms. The summed E-state index contributed by atoms with van der Waals surface area (Å²) in [6.07, 6.45) is 0.654. The lowest BCUT2D eigenvalue weighted by Crippen LogP contribution is -2.20. The standard InChI is InChI=1S/C23H24N6O3/c1-5-16-11-18(30)27-21(26-16)15-7-6-8-17(10-15)25-19(31)12-32-23-20-13(2)9-14(3)24-22(20)29(4)28-23/h6-11H,5,12H2,1-4H3,(H,25,31)(H,26,27,30). The van der Waals surface area contributed by atoms with Gasteiger partial charge in [0.25, 0.3) is 11.5 Å². The van der Waals surface area contributed by atoms with Gasteiger partial charge in [-0.15, -0.1) is 5.10 Å². The molecule has 1 aromatic carbocycles. The number of carbonyl (C=O) groups excluding carboxylic acids is 1. The van der Waals surface area contributed by atoms with Crippen molar-refractivity contribution >= 4 is 22.6 Å². The van der Waals surface area contributed by atoms with E-state index in [0.29, 0.717) is 40.7 Å². The van der Waals surface area contributed by atoms with Crippen molar-refractivity contribution in [3.63, 3.8) is 0 Å². The molecule has 0 unspecified atom stereocenters. The second-order valence-corrected chi connectivity index (χ2v) is 7.56. The van der Waals surface area contributed by atoms with E-state index in [9.17, 15) is 9.59 Å². The third-order valence-corrected chi connectivity index (χ3v) is 5.00. The molecule has 0 aliphatic rings. The van der Waals surface area contributed by atoms with Gasteiger partial charge in [-0.2, -0.15) is 0 Å². The summed E-state index contributed by atoms with van der Waals surface area (Å²) in [5, 5.41) is 7.96. The van der Waals surface area contributed by atoms with Crippen molar-refractivity contribution in [2.75, 3.05) is 11.9 Å². The van der Waals surface area contributed by atoms with Crippen LogP contribution < -0.4 is 15.6 Å². The van der Waals surface area contributed by atoms with Gasteiger partial charge >= 0.3 is 0 Å². The first kappa shape index (κ1) is 21.2. The maximum Gasteiger partial charge on any atom is 0.262 e. The Balaban J connectivity index is 1.49. The Morgan fingerprint density at radius 3 is 2.78 bits per heavy atom. The molecule has 0 saturated carbocycles. The number of aromatic nitrogens is 5. The van der Waals surface area contributed by atoms with Gasteiger partial charge in [-0.25, -0.2) is 14.6 Å². The predicted molar refractivity (Wildman–Crippen MR) is 122 cm³/mol. The van der Waals surface area contributed by atoms with Gasteiger partial charge in [0.05, 0.1) is 5.39 Å². The van der Waals surface area contributed by atoms with E-state index < -0.39 is 0 Å². The lowest BCUT2D eigenvalue weighted by molar-refractivity contribution is -0.118. The van der Waals surface area contributed by atoms with E-state index in [4.69, 9.17) is 4.74 Å². The van der Waals surface area contributed by atoms with Crippen molar-refractivity contribution in [1.29, 1.82) is 0 Å². The first-order chi connectivity index (χ1) is 15.3. The summed E-state index contributed by atoms with van der Waals surface area (Å²) in [7, 11) is 1.79. The molecule has 3 aromatic heterocycles. The fraction of sp³-hybridized carbons (Fsp3) is 0.261. The normalized spacial score (nSPS) is 11.0. The summed E-state index contributed by atoms with van der Waals surface area (Å²) < 4.78 is 7.35. The Morgan fingerprint density at radius 2 is 2.00 bits per heavy atom. The highest BCUT2D eigenvalue weighted by Gasteiger charge is 2.16. The van der Waals surface area contributed by atoms with E-state index >= 15 is 0 Å². The smallest absolute Gasteiger partial charge is 0.262 e. The van der Waals surface area contributed by atoms with Crippen LogP contribution in [0.3, 0.4) is 0 Å². The van der Waals surface area contributed by atoms with E-state index in [-0.39, 0.29) is 18.1 Å². The van der Waals surface area contributed by atoms with Crippen molar-refractivity contribution in [1.82, 2.24) is 24.7 Å². The van der Waals surface area contributed by atoms with Crippen LogP contribution in [0.2, 0.25) is 0 Å². The molecule has 9 nitrogen and oxygen atoms in total. The lowest BCUT2D eigenvalue weighted by atomic mass is 10.1. The zero-order chi connectivity index (χ0) is 22.8. The van der Waals surface area contributed by atoms with Gasteiger partial charge < -0.3 is 15.0 Å². The molecule has 0 atom stereocenters. The second kappa shape index (κ2) is 8.62. The fourth-order valence-corrected chi connectivity index (χ4v) is 3.55. The Hall–Kier alpha value is -4.01. The number of benzene rings is 1. The molecular formula is C23H24N6O3. The van der Waals surface area contributed by atoms with E-state index in [1.165, 1.54) is 6.07 Å². The number of amides is 1. The van der Waals surface area contributed by atoms with Gasteiger partial charge in [0.15, 0.2) is 12.3 Å². The molecule has 1 amide bonds. The maximum absolute atomic E-state index is 12.5. The third kappa shape index (κ3) is 4.36. The number of fused-ring (bicyclic) bond motifs is 1. The minimum atomic E-state index is -0.331. The van der Waals surface area contributed by atoms with Crippen LogP contribution >= 0.6 is 0 Å². The molecule has 3 heterocycles. The molecule has 0 aliphatic heterocycles. The summed E-state index contributed by atoms with van der Waals surface area (Å²) in [5.41, 5.74) is 4.35. The first-order valence-electron chi connectivity index (χ1n) is 10.3. The molecule has 9 heteroatoms. The highest BCUT2D eigenvalue weighted by molar-refractivity contribution is 5.93. The van der Waals surface area contributed by atoms with E-state index in [2.05, 4.69) is 25.4 Å². The number of hydrogen-bond acceptors (Lipinski definition) is 6. The highest BCUT2D eigenvalue weighted by Crippen LogP contribution is 2.27. The van der Waals surface area contributed by atoms with Gasteiger partial charge in [0.1, 0.15) is 5.82 Å². The van der Waals surface area contributed by atoms with Crippen LogP contribution in [0.25, 0.3) is 22.4 Å². The number of hydrogen-bond donors (Lipinski definition) is 2. The number of pyridine rings is 1. The number of anilines is 1. The van der Waals surface area contributed by atoms with Crippen LogP contribution in [-0.2, 0) is 18.3 Å². The third-order valence-electron chi connectivity index (χ3n) is 5.00. The molecule has 32 heavy (non-hydrogen) atoms. The summed E-state index contributed by atoms with van der Waals surface area (Å²) >= 11 is 0. The molecule has 4 aromatic rings. The SMILES string of the molecule is CCc1cc(=O)[nH]c(-c2cccc(NC(=O)COc3nn(C)c4nc(C)cc(C)c34)c2)n1. The molecule has 0 fully saturated rings. The van der Waals surface area contributed by atoms with Crippen molar-refractivity contribution in [2.24, 2.45) is 7.05 Å². The number of aromatic amines is 1. The number of ether oxygens (including phenoxy) is 1. The lowest BCUT2D eigenvalue weighted by Gasteiger charge is -2.09. The zero-order valence-electron chi connectivity index (χ0n) is 18.4. The van der Waals surface area contributed by atoms with Gasteiger partial charge in [-0.1, -0.05) is 19.1 Å². The van der Waals surface area contributed by atoms with Crippen LogP contribution in [0.1, 0.15) is 23.9 Å². The predicted octanol–water partition coefficient (Wildman–Crippen LogP) is 2.92. The maximum atomic E-state index is 12.5. The van der Waals surface area contributed by atoms with E-state index in [1.807, 2.05) is 32.9 Å². The van der Waals surface area contributed by atoms with Crippen molar-refractivity contribution < 1.29 is 9.53 Å². The van der Waals surface area contributed by atoms with Crippen molar-refractivity contribution in [3.8, 4) is 17.3 Å². The minimum Gasteiger partial charge on any atom is -0.466 e. The van der Waals surface area contributed by atoms with Crippen LogP contribution in [0.15, 0.2) is 41.2 Å². The Morgan fingerprint density at radius 1 is 1.19 bits per heavy atom. The largest absolute Gasteiger partial charge is 0.466 e. The Kier molecular flexibility index (Phi) is 5.72. The van der Waals surface area contributed by atoms with Gasteiger partial charge in [0, 0.05) is 35.8 Å². The quantitative estimate of drug-likeness (QED) is 0.484. The Bertz CT molecular complexity index is 1370. The number of carbonyl (C=O) groups is 1. The molecule has 0 saturated heterocycles. The second-order valence-electron chi connectivity index (χ2n) is 7.56. The van der Waals surface area contributed by atoms with Crippen LogP contribution in [0, 0.1) is 13.8 Å². The number of nitrogens with one attached hydrogen (secondary N) is 2. The van der Waals surface area contributed by atoms with Gasteiger partial charge in [0.2, 0.25) is 5.88 Å². The number of nitrogens with zero attached hydrogens (tertiary/aromatic N) is 4.